The molecule has 1 N–H and O–H groups in total. The molecule has 0 amide bonds. The van der Waals surface area contributed by atoms with E-state index >= 15 is 0 Å². The van der Waals surface area contributed by atoms with E-state index in [2.05, 4.69) is 54.1 Å². The van der Waals surface area contributed by atoms with E-state index in [1.165, 1.54) is 10.4 Å². The fraction of sp³-hybridized carbons (Fsp3) is 0.192. The quantitative estimate of drug-likeness (QED) is 0.349. The van der Waals surface area contributed by atoms with Crippen molar-refractivity contribution in [2.45, 2.75) is 32.9 Å². The molecule has 6 heteroatoms. The van der Waals surface area contributed by atoms with Crippen molar-refractivity contribution in [3.8, 4) is 11.3 Å². The molecule has 162 valence electrons. The average Bonchev–Trinajstić information content (AvgIpc) is 3.32. The molecule has 0 aliphatic carbocycles. The van der Waals surface area contributed by atoms with Crippen molar-refractivity contribution in [3.05, 3.63) is 99.9 Å². The van der Waals surface area contributed by atoms with E-state index in [9.17, 15) is 9.90 Å². The molecule has 0 atom stereocenters. The van der Waals surface area contributed by atoms with Gasteiger partial charge in [0.15, 0.2) is 0 Å². The largest absolute Gasteiger partial charge is 0.478 e. The lowest BCUT2D eigenvalue weighted by molar-refractivity contribution is 0.0696. The van der Waals surface area contributed by atoms with Gasteiger partial charge in [-0.15, -0.1) is 11.3 Å². The summed E-state index contributed by atoms with van der Waals surface area (Å²) in [6.45, 7) is 5.51. The number of carboxylic acid groups (broad SMARTS) is 1. The molecule has 2 aromatic heterocycles. The molecule has 0 aliphatic heterocycles. The molecule has 0 aliphatic rings. The van der Waals surface area contributed by atoms with Gasteiger partial charge >= 0.3 is 5.97 Å². The highest BCUT2D eigenvalue weighted by Gasteiger charge is 2.15. The van der Waals surface area contributed by atoms with Crippen LogP contribution in [-0.4, -0.2) is 21.0 Å². The lowest BCUT2D eigenvalue weighted by Gasteiger charge is -2.23. The molecule has 0 bridgehead atoms. The zero-order valence-corrected chi connectivity index (χ0v) is 18.9. The number of carboxylic acids is 1. The Kier molecular flexibility index (Phi) is 6.61. The molecular weight excluding hydrogens is 418 g/mol. The number of hydrogen-bond donors (Lipinski definition) is 1. The van der Waals surface area contributed by atoms with Crippen LogP contribution in [0.2, 0.25) is 0 Å². The summed E-state index contributed by atoms with van der Waals surface area (Å²) in [7, 11) is 0. The van der Waals surface area contributed by atoms with Gasteiger partial charge in [-0.3, -0.25) is 0 Å². The molecule has 2 aromatic carbocycles. The van der Waals surface area contributed by atoms with Crippen molar-refractivity contribution in [3.63, 3.8) is 0 Å². The van der Waals surface area contributed by atoms with Gasteiger partial charge in [-0.2, -0.15) is 0 Å². The summed E-state index contributed by atoms with van der Waals surface area (Å²) in [5.41, 5.74) is 4.37. The Bertz CT molecular complexity index is 1190. The Morgan fingerprint density at radius 2 is 1.84 bits per heavy atom. The summed E-state index contributed by atoms with van der Waals surface area (Å²) in [5.74, 6) is 0.164. The normalized spacial score (nSPS) is 11.0. The predicted octanol–water partition coefficient (Wildman–Crippen LogP) is 6.23. The van der Waals surface area contributed by atoms with Crippen LogP contribution in [0.3, 0.4) is 0 Å². The number of thiophene rings is 1. The molecule has 2 heterocycles. The number of rotatable bonds is 8. The summed E-state index contributed by atoms with van der Waals surface area (Å²) in [6.07, 6.45) is 1.78. The van der Waals surface area contributed by atoms with Gasteiger partial charge < -0.3 is 10.0 Å². The first-order chi connectivity index (χ1) is 15.5. The molecule has 0 saturated heterocycles. The molecule has 0 unspecified atom stereocenters. The highest BCUT2D eigenvalue weighted by molar-refractivity contribution is 7.09. The van der Waals surface area contributed by atoms with E-state index in [1.807, 2.05) is 23.6 Å². The maximum atomic E-state index is 11.4. The number of carbonyl (C=O) groups is 1. The number of hydrogen-bond acceptors (Lipinski definition) is 5. The molecular formula is C26H25N3O2S. The van der Waals surface area contributed by atoms with Crippen LogP contribution in [0.15, 0.2) is 78.3 Å². The van der Waals surface area contributed by atoms with Crippen LogP contribution in [0, 0.1) is 0 Å². The smallest absolute Gasteiger partial charge is 0.335 e. The molecule has 0 fully saturated rings. The summed E-state index contributed by atoms with van der Waals surface area (Å²) < 4.78 is 0. The number of nitrogens with zero attached hydrogens (tertiary/aromatic N) is 3. The minimum absolute atomic E-state index is 0.276. The van der Waals surface area contributed by atoms with Crippen LogP contribution >= 0.6 is 11.3 Å². The van der Waals surface area contributed by atoms with Gasteiger partial charge in [-0.1, -0.05) is 56.3 Å². The monoisotopic (exact) mass is 443 g/mol. The van der Waals surface area contributed by atoms with Crippen LogP contribution in [0.4, 0.5) is 5.95 Å². The maximum absolute atomic E-state index is 11.4. The van der Waals surface area contributed by atoms with E-state index in [4.69, 9.17) is 4.98 Å². The Labute approximate surface area is 192 Å². The van der Waals surface area contributed by atoms with Crippen LogP contribution in [0.25, 0.3) is 11.3 Å². The van der Waals surface area contributed by atoms with E-state index in [1.54, 1.807) is 35.7 Å². The maximum Gasteiger partial charge on any atom is 0.335 e. The third-order valence-corrected chi connectivity index (χ3v) is 6.13. The average molecular weight is 444 g/mol. The number of aromatic carboxylic acids is 1. The fourth-order valence-electron chi connectivity index (χ4n) is 3.51. The van der Waals surface area contributed by atoms with Crippen molar-refractivity contribution in [1.29, 1.82) is 0 Å². The third kappa shape index (κ3) is 5.21. The second-order valence-corrected chi connectivity index (χ2v) is 8.99. The molecule has 32 heavy (non-hydrogen) atoms. The summed E-state index contributed by atoms with van der Waals surface area (Å²) in [5, 5.41) is 11.4. The van der Waals surface area contributed by atoms with Gasteiger partial charge in [-0.05, 0) is 46.7 Å². The molecule has 0 spiro atoms. The van der Waals surface area contributed by atoms with E-state index < -0.39 is 5.97 Å². The number of aromatic nitrogens is 2. The van der Waals surface area contributed by atoms with Gasteiger partial charge in [0.25, 0.3) is 0 Å². The standard InChI is InChI=1S/C26H25N3O2S/c1-18(2)20-8-10-21(11-9-20)24-12-13-27-26(28-24)29(17-23-7-4-14-32-23)16-19-5-3-6-22(15-19)25(30)31/h3-15,18H,16-17H2,1-2H3,(H,30,31). The minimum Gasteiger partial charge on any atom is -0.478 e. The second kappa shape index (κ2) is 9.75. The van der Waals surface area contributed by atoms with Gasteiger partial charge in [0, 0.05) is 23.2 Å². The summed E-state index contributed by atoms with van der Waals surface area (Å²) >= 11 is 1.68. The predicted molar refractivity (Wildman–Crippen MR) is 129 cm³/mol. The zero-order valence-electron chi connectivity index (χ0n) is 18.1. The SMILES string of the molecule is CC(C)c1ccc(-c2ccnc(N(Cc3cccc(C(=O)O)c3)Cc3cccs3)n2)cc1. The minimum atomic E-state index is -0.931. The van der Waals surface area contributed by atoms with E-state index in [0.717, 1.165) is 16.8 Å². The van der Waals surface area contributed by atoms with Gasteiger partial charge in [0.05, 0.1) is 17.8 Å². The van der Waals surface area contributed by atoms with E-state index in [0.29, 0.717) is 25.0 Å². The highest BCUT2D eigenvalue weighted by Crippen LogP contribution is 2.24. The van der Waals surface area contributed by atoms with Crippen LogP contribution in [0.5, 0.6) is 0 Å². The lowest BCUT2D eigenvalue weighted by Crippen LogP contribution is -2.24. The summed E-state index contributed by atoms with van der Waals surface area (Å²) in [6, 6.07) is 21.5. The Morgan fingerprint density at radius 1 is 1.03 bits per heavy atom. The van der Waals surface area contributed by atoms with Crippen molar-refractivity contribution < 1.29 is 9.90 Å². The number of benzene rings is 2. The van der Waals surface area contributed by atoms with Crippen LogP contribution in [-0.2, 0) is 13.1 Å². The Morgan fingerprint density at radius 3 is 2.53 bits per heavy atom. The second-order valence-electron chi connectivity index (χ2n) is 7.96. The van der Waals surface area contributed by atoms with Crippen molar-refractivity contribution in [2.24, 2.45) is 0 Å². The molecule has 0 radical (unpaired) electrons. The lowest BCUT2D eigenvalue weighted by atomic mass is 10.0. The molecule has 4 aromatic rings. The fourth-order valence-corrected chi connectivity index (χ4v) is 4.23. The van der Waals surface area contributed by atoms with Crippen LogP contribution < -0.4 is 4.90 Å². The topological polar surface area (TPSA) is 66.3 Å². The first kappa shape index (κ1) is 21.7. The summed E-state index contributed by atoms with van der Waals surface area (Å²) in [4.78, 5) is 24.1. The Hall–Kier alpha value is -3.51. The molecule has 0 saturated carbocycles. The third-order valence-electron chi connectivity index (χ3n) is 5.27. The van der Waals surface area contributed by atoms with Gasteiger partial charge in [0.2, 0.25) is 5.95 Å². The first-order valence-electron chi connectivity index (χ1n) is 10.5. The van der Waals surface area contributed by atoms with Crippen molar-refractivity contribution in [2.75, 3.05) is 4.90 Å². The zero-order chi connectivity index (χ0) is 22.5. The van der Waals surface area contributed by atoms with Crippen molar-refractivity contribution >= 4 is 23.3 Å². The number of anilines is 1. The van der Waals surface area contributed by atoms with E-state index in [-0.39, 0.29) is 5.56 Å². The van der Waals surface area contributed by atoms with Crippen LogP contribution in [0.1, 0.15) is 46.1 Å². The van der Waals surface area contributed by atoms with Gasteiger partial charge in [0.1, 0.15) is 0 Å². The van der Waals surface area contributed by atoms with Gasteiger partial charge in [-0.25, -0.2) is 14.8 Å². The highest BCUT2D eigenvalue weighted by atomic mass is 32.1. The first-order valence-corrected chi connectivity index (χ1v) is 11.4. The Balaban J connectivity index is 1.66. The molecule has 4 rings (SSSR count). The molecule has 5 nitrogen and oxygen atoms in total. The van der Waals surface area contributed by atoms with Crippen molar-refractivity contribution in [1.82, 2.24) is 9.97 Å².